The number of hydrogen-bond donors (Lipinski definition) is 2. The molecule has 5 rings (SSSR count). The Morgan fingerprint density at radius 2 is 2.00 bits per heavy atom. The summed E-state index contributed by atoms with van der Waals surface area (Å²) in [6, 6.07) is 12.1. The lowest BCUT2D eigenvalue weighted by molar-refractivity contribution is 0.0345. The molecule has 1 fully saturated rings. The van der Waals surface area contributed by atoms with Gasteiger partial charge < -0.3 is 20.4 Å². The van der Waals surface area contributed by atoms with Crippen molar-refractivity contribution >= 4 is 22.8 Å². The Labute approximate surface area is 181 Å². The zero-order chi connectivity index (χ0) is 22.2. The second-order valence-electron chi connectivity index (χ2n) is 7.36. The Kier molecular flexibility index (Phi) is 4.88. The molecule has 3 N–H and O–H groups in total. The third-order valence-corrected chi connectivity index (χ3v) is 5.27. The highest BCUT2D eigenvalue weighted by atomic mass is 19.1. The van der Waals surface area contributed by atoms with E-state index in [1.54, 1.807) is 24.3 Å². The largest absolute Gasteiger partial charge is 0.368 e. The van der Waals surface area contributed by atoms with Crippen molar-refractivity contribution in [2.24, 2.45) is 0 Å². The molecule has 1 unspecified atom stereocenters. The standard InChI is InChI=1S/C22H17F2N7O/c23-14-3-4-16-18(8-14)28-21(27-16)19-11-31(5-6-32-19)20-9-17(29-22(26)30-20)12-1-2-13(10-25)15(24)7-12/h1-4,7-9,19H,5-6,11H2,(H,27,28)(H2,26,29,30). The fourth-order valence-electron chi connectivity index (χ4n) is 3.70. The summed E-state index contributed by atoms with van der Waals surface area (Å²) >= 11 is 0. The molecule has 0 spiro atoms. The van der Waals surface area contributed by atoms with Gasteiger partial charge in [0.05, 0.1) is 35.4 Å². The van der Waals surface area contributed by atoms with Crippen LogP contribution in [0.15, 0.2) is 42.5 Å². The average Bonchev–Trinajstić information content (AvgIpc) is 3.22. The van der Waals surface area contributed by atoms with Crippen LogP contribution in [0, 0.1) is 23.0 Å². The molecule has 10 heteroatoms. The van der Waals surface area contributed by atoms with Crippen LogP contribution in [0.3, 0.4) is 0 Å². The summed E-state index contributed by atoms with van der Waals surface area (Å²) in [6.07, 6.45) is -0.383. The molecule has 2 aromatic carbocycles. The van der Waals surface area contributed by atoms with Crippen molar-refractivity contribution in [2.75, 3.05) is 30.3 Å². The molecule has 0 radical (unpaired) electrons. The van der Waals surface area contributed by atoms with Crippen LogP contribution in [0.2, 0.25) is 0 Å². The summed E-state index contributed by atoms with van der Waals surface area (Å²) in [4.78, 5) is 18.2. The number of nitrogen functional groups attached to an aromatic ring is 1. The van der Waals surface area contributed by atoms with E-state index in [-0.39, 0.29) is 23.4 Å². The lowest BCUT2D eigenvalue weighted by atomic mass is 10.1. The highest BCUT2D eigenvalue weighted by molar-refractivity contribution is 5.75. The Morgan fingerprint density at radius 3 is 2.81 bits per heavy atom. The number of ether oxygens (including phenoxy) is 1. The lowest BCUT2D eigenvalue weighted by Crippen LogP contribution is -2.39. The molecule has 4 aromatic rings. The van der Waals surface area contributed by atoms with E-state index >= 15 is 0 Å². The quantitative estimate of drug-likeness (QED) is 0.509. The Balaban J connectivity index is 1.44. The van der Waals surface area contributed by atoms with Crippen molar-refractivity contribution < 1.29 is 13.5 Å². The number of morpholine rings is 1. The van der Waals surface area contributed by atoms with E-state index in [1.165, 1.54) is 24.3 Å². The van der Waals surface area contributed by atoms with Crippen LogP contribution in [0.5, 0.6) is 0 Å². The number of nitriles is 1. The van der Waals surface area contributed by atoms with Crippen molar-refractivity contribution in [3.8, 4) is 17.3 Å². The number of fused-ring (bicyclic) bond motifs is 1. The highest BCUT2D eigenvalue weighted by Crippen LogP contribution is 2.29. The van der Waals surface area contributed by atoms with E-state index in [1.807, 2.05) is 4.90 Å². The van der Waals surface area contributed by atoms with Gasteiger partial charge in [-0.1, -0.05) is 6.07 Å². The molecule has 1 aliphatic rings. The number of anilines is 2. The number of aromatic amines is 1. The van der Waals surface area contributed by atoms with Crippen LogP contribution < -0.4 is 10.6 Å². The number of rotatable bonds is 3. The SMILES string of the molecule is N#Cc1ccc(-c2cc(N3CCOC(c4nc5cc(F)ccc5[nH]4)C3)nc(N)n2)cc1F. The summed E-state index contributed by atoms with van der Waals surface area (Å²) in [7, 11) is 0. The first-order chi connectivity index (χ1) is 15.5. The maximum atomic E-state index is 14.1. The van der Waals surface area contributed by atoms with E-state index in [2.05, 4.69) is 19.9 Å². The normalized spacial score (nSPS) is 16.3. The first-order valence-corrected chi connectivity index (χ1v) is 9.86. The molecular weight excluding hydrogens is 416 g/mol. The highest BCUT2D eigenvalue weighted by Gasteiger charge is 2.26. The number of hydrogen-bond acceptors (Lipinski definition) is 7. The Morgan fingerprint density at radius 1 is 1.12 bits per heavy atom. The second kappa shape index (κ2) is 7.86. The fourth-order valence-corrected chi connectivity index (χ4v) is 3.70. The van der Waals surface area contributed by atoms with Crippen molar-refractivity contribution in [3.63, 3.8) is 0 Å². The van der Waals surface area contributed by atoms with Gasteiger partial charge in [-0.3, -0.25) is 0 Å². The van der Waals surface area contributed by atoms with E-state index in [9.17, 15) is 8.78 Å². The molecule has 0 aliphatic carbocycles. The molecule has 1 aliphatic heterocycles. The van der Waals surface area contributed by atoms with Crippen LogP contribution in [0.4, 0.5) is 20.5 Å². The molecule has 0 amide bonds. The van der Waals surface area contributed by atoms with E-state index in [4.69, 9.17) is 15.7 Å². The molecule has 0 bridgehead atoms. The average molecular weight is 433 g/mol. The van der Waals surface area contributed by atoms with Gasteiger partial charge in [-0.15, -0.1) is 0 Å². The van der Waals surface area contributed by atoms with Crippen LogP contribution in [0.25, 0.3) is 22.3 Å². The number of aromatic nitrogens is 4. The lowest BCUT2D eigenvalue weighted by Gasteiger charge is -2.33. The number of nitrogens with two attached hydrogens (primary N) is 1. The Bertz CT molecular complexity index is 1360. The summed E-state index contributed by atoms with van der Waals surface area (Å²) in [5.74, 6) is 0.213. The van der Waals surface area contributed by atoms with Crippen LogP contribution in [-0.4, -0.2) is 39.6 Å². The third kappa shape index (κ3) is 3.70. The molecule has 3 heterocycles. The minimum atomic E-state index is -0.628. The van der Waals surface area contributed by atoms with Crippen LogP contribution in [-0.2, 0) is 4.74 Å². The van der Waals surface area contributed by atoms with Gasteiger partial charge in [-0.05, 0) is 24.3 Å². The number of halogens is 2. The number of nitrogens with one attached hydrogen (secondary N) is 1. The van der Waals surface area contributed by atoms with Crippen LogP contribution in [0.1, 0.15) is 17.5 Å². The van der Waals surface area contributed by atoms with Gasteiger partial charge in [-0.2, -0.15) is 10.2 Å². The van der Waals surface area contributed by atoms with Gasteiger partial charge >= 0.3 is 0 Å². The van der Waals surface area contributed by atoms with Gasteiger partial charge in [0.2, 0.25) is 5.95 Å². The van der Waals surface area contributed by atoms with Crippen molar-refractivity contribution in [1.29, 1.82) is 5.26 Å². The fraction of sp³-hybridized carbons (Fsp3) is 0.182. The van der Waals surface area contributed by atoms with E-state index < -0.39 is 5.82 Å². The predicted molar refractivity (Wildman–Crippen MR) is 114 cm³/mol. The van der Waals surface area contributed by atoms with Gasteiger partial charge in [0, 0.05) is 24.2 Å². The minimum absolute atomic E-state index is 0.0438. The summed E-state index contributed by atoms with van der Waals surface area (Å²) in [5.41, 5.74) is 8.06. The smallest absolute Gasteiger partial charge is 0.222 e. The molecule has 2 aromatic heterocycles. The first kappa shape index (κ1) is 19.8. The molecular formula is C22H17F2N7O. The van der Waals surface area contributed by atoms with Crippen LogP contribution >= 0.6 is 0 Å². The summed E-state index contributed by atoms with van der Waals surface area (Å²) in [5, 5.41) is 8.94. The van der Waals surface area contributed by atoms with Gasteiger partial charge in [0.15, 0.2) is 0 Å². The molecule has 8 nitrogen and oxygen atoms in total. The monoisotopic (exact) mass is 433 g/mol. The van der Waals surface area contributed by atoms with Gasteiger partial charge in [0.25, 0.3) is 0 Å². The van der Waals surface area contributed by atoms with Gasteiger partial charge in [0.1, 0.15) is 35.4 Å². The number of H-pyrrole nitrogens is 1. The molecule has 0 saturated carbocycles. The molecule has 1 atom stereocenters. The number of imidazole rings is 1. The number of nitrogens with zero attached hydrogens (tertiary/aromatic N) is 5. The number of benzene rings is 2. The second-order valence-corrected chi connectivity index (χ2v) is 7.36. The zero-order valence-corrected chi connectivity index (χ0v) is 16.7. The maximum absolute atomic E-state index is 14.1. The maximum Gasteiger partial charge on any atom is 0.222 e. The molecule has 160 valence electrons. The van der Waals surface area contributed by atoms with Gasteiger partial charge in [-0.25, -0.2) is 18.7 Å². The first-order valence-electron chi connectivity index (χ1n) is 9.86. The van der Waals surface area contributed by atoms with E-state index in [0.717, 1.165) is 5.52 Å². The zero-order valence-electron chi connectivity index (χ0n) is 16.7. The minimum Gasteiger partial charge on any atom is -0.368 e. The summed E-state index contributed by atoms with van der Waals surface area (Å²) < 4.78 is 33.5. The Hall–Kier alpha value is -4.10. The van der Waals surface area contributed by atoms with Crippen molar-refractivity contribution in [2.45, 2.75) is 6.10 Å². The molecule has 32 heavy (non-hydrogen) atoms. The third-order valence-electron chi connectivity index (χ3n) is 5.27. The van der Waals surface area contributed by atoms with Crippen molar-refractivity contribution in [1.82, 2.24) is 19.9 Å². The van der Waals surface area contributed by atoms with Crippen molar-refractivity contribution in [3.05, 3.63) is 65.5 Å². The molecule has 1 saturated heterocycles. The topological polar surface area (TPSA) is 117 Å². The summed E-state index contributed by atoms with van der Waals surface area (Å²) in [6.45, 7) is 1.41. The van der Waals surface area contributed by atoms with E-state index in [0.29, 0.717) is 48.1 Å². The predicted octanol–water partition coefficient (Wildman–Crippen LogP) is 3.33.